The number of alkyl halides is 2. The number of rotatable bonds is 6. The third-order valence-electron chi connectivity index (χ3n) is 6.61. The number of hydrogen-bond donors (Lipinski definition) is 2. The van der Waals surface area contributed by atoms with E-state index in [2.05, 4.69) is 19.4 Å². The van der Waals surface area contributed by atoms with Crippen molar-refractivity contribution >= 4 is 11.1 Å². The standard InChI is InChI=1S/C29H23F2N3O6S/c1-15(35)23-14-34(16(2)32-23)24-9-7-19(18-5-4-6-21(11-18)41(36)37)12-22(24)27-28(38-17(3)33-27)20-8-10-25-26(13-20)40-29(30,31)39-25/h4-15,35H,1-3H3,(H,36,37). The van der Waals surface area contributed by atoms with Crippen LogP contribution in [0.25, 0.3) is 39.4 Å². The second kappa shape index (κ2) is 9.91. The summed E-state index contributed by atoms with van der Waals surface area (Å²) in [4.78, 5) is 9.38. The van der Waals surface area contributed by atoms with E-state index in [1.807, 2.05) is 28.8 Å². The number of aryl methyl sites for hydroxylation is 2. The Hall–Kier alpha value is -4.39. The second-order valence-electron chi connectivity index (χ2n) is 9.51. The Balaban J connectivity index is 1.56. The first-order valence-electron chi connectivity index (χ1n) is 12.5. The fraction of sp³-hybridized carbons (Fsp3) is 0.172. The fourth-order valence-electron chi connectivity index (χ4n) is 4.74. The molecule has 0 amide bonds. The first kappa shape index (κ1) is 26.8. The number of aliphatic hydroxyl groups excluding tert-OH is 1. The summed E-state index contributed by atoms with van der Waals surface area (Å²) in [5.74, 6) is 1.02. The van der Waals surface area contributed by atoms with Crippen molar-refractivity contribution in [3.63, 3.8) is 0 Å². The molecule has 0 aliphatic carbocycles. The quantitative estimate of drug-likeness (QED) is 0.221. The van der Waals surface area contributed by atoms with Gasteiger partial charge in [0, 0.05) is 24.2 Å². The molecular formula is C29H23F2N3O6S. The van der Waals surface area contributed by atoms with Crippen molar-refractivity contribution < 1.29 is 36.5 Å². The molecule has 0 saturated heterocycles. The van der Waals surface area contributed by atoms with Gasteiger partial charge in [-0.15, -0.1) is 8.78 Å². The summed E-state index contributed by atoms with van der Waals surface area (Å²) in [5.41, 5.74) is 4.00. The average Bonchev–Trinajstić information content (AvgIpc) is 3.60. The molecule has 12 heteroatoms. The first-order chi connectivity index (χ1) is 19.5. The van der Waals surface area contributed by atoms with Crippen LogP contribution in [0.1, 0.15) is 30.4 Å². The summed E-state index contributed by atoms with van der Waals surface area (Å²) < 4.78 is 65.7. The van der Waals surface area contributed by atoms with Crippen LogP contribution in [0.2, 0.25) is 0 Å². The van der Waals surface area contributed by atoms with Gasteiger partial charge in [-0.2, -0.15) is 0 Å². The van der Waals surface area contributed by atoms with Crippen molar-refractivity contribution in [1.82, 2.24) is 14.5 Å². The summed E-state index contributed by atoms with van der Waals surface area (Å²) in [6.07, 6.45) is -2.84. The van der Waals surface area contributed by atoms with Gasteiger partial charge < -0.3 is 28.1 Å². The highest BCUT2D eigenvalue weighted by Gasteiger charge is 2.43. The molecule has 2 atom stereocenters. The van der Waals surface area contributed by atoms with Crippen LogP contribution in [0.4, 0.5) is 8.78 Å². The molecule has 0 fully saturated rings. The molecule has 2 aromatic heterocycles. The summed E-state index contributed by atoms with van der Waals surface area (Å²) in [6.45, 7) is 5.10. The summed E-state index contributed by atoms with van der Waals surface area (Å²) in [7, 11) is 0. The zero-order chi connectivity index (χ0) is 29.1. The minimum Gasteiger partial charge on any atom is -0.440 e. The van der Waals surface area contributed by atoms with Crippen LogP contribution < -0.4 is 9.47 Å². The van der Waals surface area contributed by atoms with E-state index >= 15 is 0 Å². The van der Waals surface area contributed by atoms with Crippen molar-refractivity contribution in [1.29, 1.82) is 0 Å². The molecule has 2 unspecified atom stereocenters. The number of aliphatic hydroxyl groups is 1. The predicted molar refractivity (Wildman–Crippen MR) is 145 cm³/mol. The van der Waals surface area contributed by atoms with Crippen molar-refractivity contribution in [2.75, 3.05) is 0 Å². The van der Waals surface area contributed by atoms with Gasteiger partial charge in [-0.3, -0.25) is 0 Å². The Morgan fingerprint density at radius 3 is 2.41 bits per heavy atom. The number of aromatic nitrogens is 3. The van der Waals surface area contributed by atoms with Gasteiger partial charge in [-0.25, -0.2) is 14.2 Å². The molecule has 0 bridgehead atoms. The highest BCUT2D eigenvalue weighted by atomic mass is 32.2. The first-order valence-corrected chi connectivity index (χ1v) is 13.6. The van der Waals surface area contributed by atoms with Crippen LogP contribution in [0, 0.1) is 13.8 Å². The normalized spacial score (nSPS) is 15.2. The molecule has 1 aliphatic heterocycles. The Kier molecular flexibility index (Phi) is 6.48. The molecule has 9 nitrogen and oxygen atoms in total. The molecule has 41 heavy (non-hydrogen) atoms. The number of oxazole rings is 1. The van der Waals surface area contributed by atoms with Crippen molar-refractivity contribution in [3.8, 4) is 50.9 Å². The van der Waals surface area contributed by atoms with Gasteiger partial charge in [-0.1, -0.05) is 18.2 Å². The summed E-state index contributed by atoms with van der Waals surface area (Å²) in [6, 6.07) is 16.6. The topological polar surface area (TPSA) is 120 Å². The lowest BCUT2D eigenvalue weighted by molar-refractivity contribution is -0.286. The van der Waals surface area contributed by atoms with Gasteiger partial charge in [0.05, 0.1) is 22.4 Å². The lowest BCUT2D eigenvalue weighted by Crippen LogP contribution is -2.25. The maximum atomic E-state index is 13.7. The van der Waals surface area contributed by atoms with Gasteiger partial charge >= 0.3 is 6.29 Å². The van der Waals surface area contributed by atoms with Crippen LogP contribution in [0.3, 0.4) is 0 Å². The van der Waals surface area contributed by atoms with Gasteiger partial charge in [-0.05, 0) is 67.4 Å². The SMILES string of the molecule is Cc1nc(-c2cc(-c3cccc(S(=O)O)c3)ccc2-n2cc(C(C)O)nc2C)c(-c2ccc3c(c2)OC(F)(F)O3)o1. The van der Waals surface area contributed by atoms with E-state index in [9.17, 15) is 22.6 Å². The number of ether oxygens (including phenoxy) is 2. The maximum absolute atomic E-state index is 13.7. The van der Waals surface area contributed by atoms with Gasteiger partial charge in [0.15, 0.2) is 34.2 Å². The van der Waals surface area contributed by atoms with Gasteiger partial charge in [0.25, 0.3) is 0 Å². The van der Waals surface area contributed by atoms with Crippen LogP contribution >= 0.6 is 0 Å². The molecule has 2 N–H and O–H groups in total. The van der Waals surface area contributed by atoms with Gasteiger partial charge in [0.2, 0.25) is 0 Å². The highest BCUT2D eigenvalue weighted by molar-refractivity contribution is 7.79. The zero-order valence-corrected chi connectivity index (χ0v) is 22.8. The van der Waals surface area contributed by atoms with E-state index < -0.39 is 23.5 Å². The van der Waals surface area contributed by atoms with E-state index in [0.29, 0.717) is 51.2 Å². The van der Waals surface area contributed by atoms with E-state index in [-0.39, 0.29) is 16.4 Å². The highest BCUT2D eigenvalue weighted by Crippen LogP contribution is 2.45. The van der Waals surface area contributed by atoms with Crippen LogP contribution in [0.15, 0.2) is 76.2 Å². The minimum absolute atomic E-state index is 0.0972. The van der Waals surface area contributed by atoms with E-state index in [4.69, 9.17) is 4.42 Å². The lowest BCUT2D eigenvalue weighted by atomic mass is 9.98. The number of benzene rings is 3. The Morgan fingerprint density at radius 1 is 0.951 bits per heavy atom. The molecular weight excluding hydrogens is 556 g/mol. The van der Waals surface area contributed by atoms with Crippen molar-refractivity contribution in [3.05, 3.63) is 84.3 Å². The smallest absolute Gasteiger partial charge is 0.440 e. The van der Waals surface area contributed by atoms with Gasteiger partial charge in [0.1, 0.15) is 11.5 Å². The molecule has 3 heterocycles. The molecule has 0 spiro atoms. The Labute approximate surface area is 235 Å². The van der Waals surface area contributed by atoms with E-state index in [0.717, 1.165) is 5.56 Å². The number of imidazole rings is 1. The number of fused-ring (bicyclic) bond motifs is 1. The monoisotopic (exact) mass is 579 g/mol. The largest absolute Gasteiger partial charge is 0.586 e. The van der Waals surface area contributed by atoms with Crippen LogP contribution in [-0.2, 0) is 11.1 Å². The van der Waals surface area contributed by atoms with Crippen LogP contribution in [-0.4, -0.2) is 34.7 Å². The lowest BCUT2D eigenvalue weighted by Gasteiger charge is -2.14. The predicted octanol–water partition coefficient (Wildman–Crippen LogP) is 6.43. The van der Waals surface area contributed by atoms with Crippen molar-refractivity contribution in [2.45, 2.75) is 38.1 Å². The number of hydrogen-bond acceptors (Lipinski definition) is 7. The second-order valence-corrected chi connectivity index (χ2v) is 10.5. The number of halogens is 2. The fourth-order valence-corrected chi connectivity index (χ4v) is 5.16. The maximum Gasteiger partial charge on any atom is 0.586 e. The third kappa shape index (κ3) is 5.01. The minimum atomic E-state index is -3.77. The molecule has 0 radical (unpaired) electrons. The number of nitrogens with zero attached hydrogens (tertiary/aromatic N) is 3. The molecule has 5 aromatic rings. The molecule has 6 rings (SSSR count). The molecule has 1 aliphatic rings. The molecule has 3 aromatic carbocycles. The summed E-state index contributed by atoms with van der Waals surface area (Å²) in [5, 5.41) is 10.1. The Morgan fingerprint density at radius 2 is 1.68 bits per heavy atom. The Bertz CT molecular complexity index is 1830. The van der Waals surface area contributed by atoms with Crippen molar-refractivity contribution in [2.24, 2.45) is 0 Å². The van der Waals surface area contributed by atoms with Crippen LogP contribution in [0.5, 0.6) is 11.5 Å². The van der Waals surface area contributed by atoms with E-state index in [1.165, 1.54) is 12.1 Å². The zero-order valence-electron chi connectivity index (χ0n) is 22.0. The molecule has 210 valence electrons. The van der Waals surface area contributed by atoms with E-state index in [1.54, 1.807) is 51.2 Å². The third-order valence-corrected chi connectivity index (χ3v) is 7.26. The molecule has 0 saturated carbocycles. The average molecular weight is 580 g/mol. The summed E-state index contributed by atoms with van der Waals surface area (Å²) >= 11 is -2.16.